The van der Waals surface area contributed by atoms with Crippen molar-refractivity contribution < 1.29 is 22.9 Å². The van der Waals surface area contributed by atoms with E-state index in [0.29, 0.717) is 25.1 Å². The summed E-state index contributed by atoms with van der Waals surface area (Å²) in [6, 6.07) is 5.51. The highest BCUT2D eigenvalue weighted by Gasteiger charge is 2.52. The Morgan fingerprint density at radius 3 is 2.15 bits per heavy atom. The van der Waals surface area contributed by atoms with E-state index < -0.39 is 17.6 Å². The second kappa shape index (κ2) is 6.78. The standard InChI is InChI=1S/C19H24BF2NO3/c1-18(2)19(3,4)26-20(25-18)15-9-11-23(12-10-15)17(24)14-7-5-13(6-8-14)16(21)22/h5-9,16H,10-12H2,1-4H3. The number of amides is 1. The molecule has 1 aromatic rings. The van der Waals surface area contributed by atoms with Crippen LogP contribution in [0.2, 0.25) is 0 Å². The molecule has 2 aliphatic rings. The van der Waals surface area contributed by atoms with Gasteiger partial charge in [0.1, 0.15) is 0 Å². The highest BCUT2D eigenvalue weighted by Crippen LogP contribution is 2.39. The van der Waals surface area contributed by atoms with Crippen LogP contribution in [0.15, 0.2) is 35.8 Å². The molecule has 4 nitrogen and oxygen atoms in total. The van der Waals surface area contributed by atoms with Gasteiger partial charge in [-0.25, -0.2) is 8.78 Å². The zero-order valence-electron chi connectivity index (χ0n) is 15.6. The first-order chi connectivity index (χ1) is 12.1. The minimum atomic E-state index is -2.53. The third-order valence-electron chi connectivity index (χ3n) is 5.50. The van der Waals surface area contributed by atoms with Crippen molar-refractivity contribution in [2.24, 2.45) is 0 Å². The molecule has 0 bridgehead atoms. The van der Waals surface area contributed by atoms with Gasteiger partial charge in [0.2, 0.25) is 0 Å². The number of carbonyl (C=O) groups is 1. The van der Waals surface area contributed by atoms with Crippen LogP contribution in [-0.2, 0) is 9.31 Å². The summed E-state index contributed by atoms with van der Waals surface area (Å²) in [6.45, 7) is 9.04. The maximum atomic E-state index is 12.6. The first kappa shape index (κ1) is 19.0. The first-order valence-electron chi connectivity index (χ1n) is 8.83. The smallest absolute Gasteiger partial charge is 0.400 e. The second-order valence-electron chi connectivity index (χ2n) is 7.79. The lowest BCUT2D eigenvalue weighted by atomic mass is 9.74. The van der Waals surface area contributed by atoms with E-state index >= 15 is 0 Å². The Kier molecular flexibility index (Phi) is 4.97. The fourth-order valence-electron chi connectivity index (χ4n) is 3.03. The number of hydrogen-bond donors (Lipinski definition) is 0. The molecule has 7 heteroatoms. The topological polar surface area (TPSA) is 38.8 Å². The molecule has 140 valence electrons. The van der Waals surface area contributed by atoms with Gasteiger partial charge in [0.15, 0.2) is 0 Å². The van der Waals surface area contributed by atoms with Gasteiger partial charge in [0.25, 0.3) is 12.3 Å². The Morgan fingerprint density at radius 1 is 1.12 bits per heavy atom. The van der Waals surface area contributed by atoms with E-state index in [1.807, 2.05) is 33.8 Å². The third-order valence-corrected chi connectivity index (χ3v) is 5.50. The molecule has 26 heavy (non-hydrogen) atoms. The Balaban J connectivity index is 1.65. The average Bonchev–Trinajstić information content (AvgIpc) is 2.82. The van der Waals surface area contributed by atoms with Crippen LogP contribution in [0.25, 0.3) is 0 Å². The van der Waals surface area contributed by atoms with E-state index in [0.717, 1.165) is 5.47 Å². The van der Waals surface area contributed by atoms with Gasteiger partial charge in [-0.1, -0.05) is 18.2 Å². The summed E-state index contributed by atoms with van der Waals surface area (Å²) in [6.07, 6.45) is 0.105. The summed E-state index contributed by atoms with van der Waals surface area (Å²) in [5.41, 5.74) is 0.598. The predicted molar refractivity (Wildman–Crippen MR) is 96.1 cm³/mol. The highest BCUT2D eigenvalue weighted by molar-refractivity contribution is 6.54. The van der Waals surface area contributed by atoms with Crippen LogP contribution >= 0.6 is 0 Å². The Labute approximate surface area is 153 Å². The fraction of sp³-hybridized carbons (Fsp3) is 0.526. The van der Waals surface area contributed by atoms with Gasteiger partial charge in [-0.2, -0.15) is 0 Å². The summed E-state index contributed by atoms with van der Waals surface area (Å²) in [5, 5.41) is 0. The van der Waals surface area contributed by atoms with Crippen LogP contribution in [0.1, 0.15) is 56.5 Å². The lowest BCUT2D eigenvalue weighted by molar-refractivity contribution is 0.00578. The average molecular weight is 363 g/mol. The van der Waals surface area contributed by atoms with Crippen LogP contribution < -0.4 is 0 Å². The van der Waals surface area contributed by atoms with Crippen molar-refractivity contribution in [1.29, 1.82) is 0 Å². The molecular weight excluding hydrogens is 339 g/mol. The number of hydrogen-bond acceptors (Lipinski definition) is 3. The lowest BCUT2D eigenvalue weighted by Crippen LogP contribution is -2.41. The number of carbonyl (C=O) groups excluding carboxylic acids is 1. The van der Waals surface area contributed by atoms with Crippen molar-refractivity contribution in [1.82, 2.24) is 4.90 Å². The van der Waals surface area contributed by atoms with Crippen molar-refractivity contribution in [2.75, 3.05) is 13.1 Å². The van der Waals surface area contributed by atoms with Gasteiger partial charge in [-0.15, -0.1) is 0 Å². The van der Waals surface area contributed by atoms with Crippen LogP contribution in [0, 0.1) is 0 Å². The maximum absolute atomic E-state index is 12.6. The number of benzene rings is 1. The molecule has 0 aromatic heterocycles. The van der Waals surface area contributed by atoms with Gasteiger partial charge < -0.3 is 14.2 Å². The van der Waals surface area contributed by atoms with Gasteiger partial charge in [-0.05, 0) is 51.7 Å². The molecule has 0 saturated carbocycles. The van der Waals surface area contributed by atoms with Gasteiger partial charge in [-0.3, -0.25) is 4.79 Å². The number of alkyl halides is 2. The normalized spacial score (nSPS) is 21.9. The van der Waals surface area contributed by atoms with E-state index in [-0.39, 0.29) is 18.6 Å². The SMILES string of the molecule is CC1(C)OB(C2=CCN(C(=O)c3ccc(C(F)F)cc3)CC2)OC1(C)C. The molecule has 0 N–H and O–H groups in total. The van der Waals surface area contributed by atoms with Crippen LogP contribution in [-0.4, -0.2) is 42.2 Å². The molecule has 0 aliphatic carbocycles. The lowest BCUT2D eigenvalue weighted by Gasteiger charge is -2.32. The predicted octanol–water partition coefficient (Wildman–Crippen LogP) is 4.03. The van der Waals surface area contributed by atoms with E-state index in [9.17, 15) is 13.6 Å². The number of nitrogens with zero attached hydrogens (tertiary/aromatic N) is 1. The van der Waals surface area contributed by atoms with Gasteiger partial charge in [0, 0.05) is 24.2 Å². The first-order valence-corrected chi connectivity index (χ1v) is 8.83. The van der Waals surface area contributed by atoms with Gasteiger partial charge in [0.05, 0.1) is 11.2 Å². The fourth-order valence-corrected chi connectivity index (χ4v) is 3.03. The minimum Gasteiger partial charge on any atom is -0.400 e. The van der Waals surface area contributed by atoms with E-state index in [1.54, 1.807) is 4.90 Å². The highest BCUT2D eigenvalue weighted by atomic mass is 19.3. The zero-order chi connectivity index (χ0) is 19.1. The van der Waals surface area contributed by atoms with Crippen molar-refractivity contribution in [3.63, 3.8) is 0 Å². The molecule has 1 amide bonds. The summed E-state index contributed by atoms with van der Waals surface area (Å²) >= 11 is 0. The summed E-state index contributed by atoms with van der Waals surface area (Å²) in [7, 11) is -0.387. The van der Waals surface area contributed by atoms with E-state index in [4.69, 9.17) is 9.31 Å². The maximum Gasteiger partial charge on any atom is 0.490 e. The van der Waals surface area contributed by atoms with E-state index in [1.165, 1.54) is 24.3 Å². The Bertz CT molecular complexity index is 700. The molecule has 2 heterocycles. The van der Waals surface area contributed by atoms with Crippen molar-refractivity contribution in [3.05, 3.63) is 46.9 Å². The molecule has 0 spiro atoms. The van der Waals surface area contributed by atoms with Crippen LogP contribution in [0.5, 0.6) is 0 Å². The summed E-state index contributed by atoms with van der Waals surface area (Å²) < 4.78 is 37.4. The number of rotatable bonds is 3. The molecule has 0 radical (unpaired) electrons. The quantitative estimate of drug-likeness (QED) is 0.762. The van der Waals surface area contributed by atoms with Crippen LogP contribution in [0.3, 0.4) is 0 Å². The van der Waals surface area contributed by atoms with Crippen molar-refractivity contribution in [2.45, 2.75) is 51.7 Å². The Morgan fingerprint density at radius 2 is 1.69 bits per heavy atom. The minimum absolute atomic E-state index is 0.0804. The molecule has 1 saturated heterocycles. The van der Waals surface area contributed by atoms with Crippen molar-refractivity contribution in [3.8, 4) is 0 Å². The van der Waals surface area contributed by atoms with E-state index in [2.05, 4.69) is 0 Å². The molecule has 0 unspecified atom stereocenters. The third kappa shape index (κ3) is 3.55. The molecule has 3 rings (SSSR count). The van der Waals surface area contributed by atoms with Crippen LogP contribution in [0.4, 0.5) is 8.78 Å². The summed E-state index contributed by atoms with van der Waals surface area (Å²) in [4.78, 5) is 14.3. The largest absolute Gasteiger partial charge is 0.490 e. The Hall–Kier alpha value is -1.73. The molecule has 1 aromatic carbocycles. The molecule has 0 atom stereocenters. The number of halogens is 2. The monoisotopic (exact) mass is 363 g/mol. The van der Waals surface area contributed by atoms with Crippen molar-refractivity contribution >= 4 is 13.0 Å². The molecule has 1 fully saturated rings. The zero-order valence-corrected chi connectivity index (χ0v) is 15.6. The summed E-state index contributed by atoms with van der Waals surface area (Å²) in [5.74, 6) is -0.157. The molecule has 2 aliphatic heterocycles. The molecular formula is C19H24BF2NO3. The second-order valence-corrected chi connectivity index (χ2v) is 7.79. The van der Waals surface area contributed by atoms with Gasteiger partial charge >= 0.3 is 7.12 Å².